The number of ether oxygens (including phenoxy) is 3. The van der Waals surface area contributed by atoms with E-state index in [4.69, 9.17) is 35.3 Å². The molecular weight excluding hydrogens is 508 g/mol. The average Bonchev–Trinajstić information content (AvgIpc) is 3.41. The van der Waals surface area contributed by atoms with Gasteiger partial charge in [0.2, 0.25) is 12.7 Å². The summed E-state index contributed by atoms with van der Waals surface area (Å²) in [6, 6.07) is 0. The Bertz CT molecular complexity index is 1150. The normalized spacial score (nSPS) is 27.0. The van der Waals surface area contributed by atoms with Crippen molar-refractivity contribution < 1.29 is 42.2 Å². The quantitative estimate of drug-likeness (QED) is 0.204. The van der Waals surface area contributed by atoms with Gasteiger partial charge < -0.3 is 19.5 Å². The minimum absolute atomic E-state index is 0.0206. The van der Waals surface area contributed by atoms with Gasteiger partial charge in [-0.25, -0.2) is 15.0 Å². The van der Waals surface area contributed by atoms with Crippen molar-refractivity contribution in [1.82, 2.24) is 19.5 Å². The number of carbonyl (C=O) groups excluding carboxylic acids is 3. The minimum atomic E-state index is -3.41. The van der Waals surface area contributed by atoms with Gasteiger partial charge >= 0.3 is 27.3 Å². The third kappa shape index (κ3) is 6.24. The molecule has 2 aliphatic rings. The van der Waals surface area contributed by atoms with E-state index in [0.717, 1.165) is 0 Å². The number of aromatic nitrogens is 4. The van der Waals surface area contributed by atoms with Crippen LogP contribution in [0.2, 0.25) is 0 Å². The van der Waals surface area contributed by atoms with E-state index in [-0.39, 0.29) is 24.8 Å². The second-order valence-corrected chi connectivity index (χ2v) is 10.2. The molecule has 2 aromatic heterocycles. The predicted octanol–water partition coefficient (Wildman–Crippen LogP) is 1.97. The number of fused-ring (bicyclic) bond motifs is 2. The SMILES string of the molecule is [B][P+]1(OCOC(C)=O)OC[C@H]2O[C@@H](n3cnc4c(NC(=O)CCC)ncnc43)C(OC(=O)CCC)[C@H]2O1. The smallest absolute Gasteiger partial charge is 0.454 e. The molecule has 5 atom stereocenters. The first-order valence-electron chi connectivity index (χ1n) is 11.9. The first-order valence-corrected chi connectivity index (χ1v) is 13.5. The van der Waals surface area contributed by atoms with Crippen LogP contribution in [0, 0.1) is 0 Å². The second kappa shape index (κ2) is 11.8. The molecule has 1 N–H and O–H groups in total. The van der Waals surface area contributed by atoms with E-state index in [1.165, 1.54) is 19.6 Å². The number of rotatable bonds is 10. The Morgan fingerprint density at radius 3 is 2.73 bits per heavy atom. The number of anilines is 1. The fraction of sp³-hybridized carbons (Fsp3) is 0.619. The molecule has 14 nitrogen and oxygen atoms in total. The maximum atomic E-state index is 12.5. The van der Waals surface area contributed by atoms with Crippen LogP contribution in [0.5, 0.6) is 0 Å². The van der Waals surface area contributed by atoms with Gasteiger partial charge in [-0.3, -0.25) is 19.0 Å². The molecule has 2 unspecified atom stereocenters. The molecule has 2 fully saturated rings. The van der Waals surface area contributed by atoms with E-state index in [1.807, 2.05) is 13.8 Å². The molecule has 0 spiro atoms. The standard InChI is InChI=1S/C21H28BN5O9P/c1-4-6-14(29)26-19-16-20(24-9-23-19)27(10-25-16)21-18(35-15(30)7-5-2)17-13(34-21)8-32-37(22,36-17)33-11-31-12(3)28/h9-10,13,17-18,21H,4-8,11H2,1-3H3,(H,23,24,26,29)/q+1/t13-,17+,18?,21-,37?/m1/s1. The number of carbonyl (C=O) groups is 3. The monoisotopic (exact) mass is 536 g/mol. The molecule has 4 rings (SSSR count). The number of esters is 2. The topological polar surface area (TPSA) is 162 Å². The third-order valence-electron chi connectivity index (χ3n) is 5.56. The number of imidazole rings is 1. The summed E-state index contributed by atoms with van der Waals surface area (Å²) in [7, 11) is 2.76. The van der Waals surface area contributed by atoms with Crippen LogP contribution in [0.15, 0.2) is 12.7 Å². The predicted molar refractivity (Wildman–Crippen MR) is 129 cm³/mol. The number of hydrogen-bond acceptors (Lipinski definition) is 12. The van der Waals surface area contributed by atoms with Crippen molar-refractivity contribution in [3.05, 3.63) is 12.7 Å². The molecule has 0 bridgehead atoms. The third-order valence-corrected chi connectivity index (χ3v) is 7.07. The highest BCUT2D eigenvalue weighted by atomic mass is 31.2. The van der Waals surface area contributed by atoms with Gasteiger partial charge in [-0.05, 0) is 12.8 Å². The van der Waals surface area contributed by atoms with Crippen molar-refractivity contribution in [2.24, 2.45) is 0 Å². The first-order chi connectivity index (χ1) is 17.7. The number of amides is 1. The van der Waals surface area contributed by atoms with Crippen molar-refractivity contribution in [2.75, 3.05) is 18.7 Å². The van der Waals surface area contributed by atoms with Crippen molar-refractivity contribution in [3.8, 4) is 0 Å². The van der Waals surface area contributed by atoms with Crippen LogP contribution in [0.4, 0.5) is 5.82 Å². The van der Waals surface area contributed by atoms with Crippen LogP contribution in [0.1, 0.15) is 52.7 Å². The highest BCUT2D eigenvalue weighted by Crippen LogP contribution is 2.63. The van der Waals surface area contributed by atoms with E-state index in [9.17, 15) is 14.4 Å². The van der Waals surface area contributed by atoms with E-state index >= 15 is 0 Å². The molecule has 2 radical (unpaired) electrons. The highest BCUT2D eigenvalue weighted by Gasteiger charge is 2.60. The van der Waals surface area contributed by atoms with Gasteiger partial charge in [-0.15, -0.1) is 0 Å². The lowest BCUT2D eigenvalue weighted by Crippen LogP contribution is -2.43. The lowest BCUT2D eigenvalue weighted by Gasteiger charge is -2.31. The summed E-state index contributed by atoms with van der Waals surface area (Å²) in [5.74, 6) is -0.960. The summed E-state index contributed by atoms with van der Waals surface area (Å²) < 4.78 is 35.2. The van der Waals surface area contributed by atoms with Gasteiger partial charge in [0.25, 0.3) is 0 Å². The molecule has 37 heavy (non-hydrogen) atoms. The lowest BCUT2D eigenvalue weighted by atomic mass is 10.1. The van der Waals surface area contributed by atoms with Gasteiger partial charge in [0, 0.05) is 19.8 Å². The summed E-state index contributed by atoms with van der Waals surface area (Å²) in [5, 5.41) is 2.74. The van der Waals surface area contributed by atoms with Crippen molar-refractivity contribution >= 4 is 50.2 Å². The number of nitrogens with zero attached hydrogens (tertiary/aromatic N) is 4. The molecule has 2 saturated heterocycles. The van der Waals surface area contributed by atoms with Crippen LogP contribution in [-0.4, -0.2) is 76.6 Å². The summed E-state index contributed by atoms with van der Waals surface area (Å²) in [5.41, 5.74) is 0.689. The Morgan fingerprint density at radius 2 is 2.00 bits per heavy atom. The maximum absolute atomic E-state index is 12.5. The molecule has 4 heterocycles. The molecule has 2 aliphatic heterocycles. The van der Waals surface area contributed by atoms with Gasteiger partial charge in [-0.1, -0.05) is 13.8 Å². The zero-order chi connectivity index (χ0) is 26.6. The summed E-state index contributed by atoms with van der Waals surface area (Å²) in [6.45, 7) is 4.49. The molecular formula is C21H28BN5O9P+. The summed E-state index contributed by atoms with van der Waals surface area (Å²) in [6.07, 6.45) is 1.14. The first kappa shape index (κ1) is 27.3. The van der Waals surface area contributed by atoms with Gasteiger partial charge in [0.05, 0.1) is 6.33 Å². The van der Waals surface area contributed by atoms with Crippen LogP contribution in [0.25, 0.3) is 11.2 Å². The summed E-state index contributed by atoms with van der Waals surface area (Å²) >= 11 is 0. The molecule has 0 aromatic carbocycles. The van der Waals surface area contributed by atoms with Crippen LogP contribution < -0.4 is 5.32 Å². The molecule has 1 amide bonds. The van der Waals surface area contributed by atoms with Crippen LogP contribution >= 0.6 is 7.82 Å². The number of nitrogens with one attached hydrogen (secondary N) is 1. The van der Waals surface area contributed by atoms with Gasteiger partial charge in [0.15, 0.2) is 35.4 Å². The Morgan fingerprint density at radius 1 is 1.22 bits per heavy atom. The van der Waals surface area contributed by atoms with E-state index < -0.39 is 51.1 Å². The van der Waals surface area contributed by atoms with E-state index in [1.54, 1.807) is 4.57 Å². The Balaban J connectivity index is 1.61. The largest absolute Gasteiger partial charge is 0.488 e. The number of hydrogen-bond donors (Lipinski definition) is 1. The van der Waals surface area contributed by atoms with Crippen molar-refractivity contribution in [3.63, 3.8) is 0 Å². The molecule has 0 aliphatic carbocycles. The Kier molecular flexibility index (Phi) is 8.70. The molecule has 198 valence electrons. The molecule has 16 heteroatoms. The fourth-order valence-electron chi connectivity index (χ4n) is 3.91. The minimum Gasteiger partial charge on any atom is -0.454 e. The zero-order valence-corrected chi connectivity index (χ0v) is 21.6. The molecule has 0 saturated carbocycles. The van der Waals surface area contributed by atoms with E-state index in [2.05, 4.69) is 20.3 Å². The maximum Gasteiger partial charge on any atom is 0.488 e. The average molecular weight is 536 g/mol. The lowest BCUT2D eigenvalue weighted by molar-refractivity contribution is -0.159. The van der Waals surface area contributed by atoms with Gasteiger partial charge in [-0.2, -0.15) is 13.6 Å². The molecule has 2 aromatic rings. The van der Waals surface area contributed by atoms with Crippen LogP contribution in [0.3, 0.4) is 0 Å². The Hall–Kier alpha value is -2.71. The van der Waals surface area contributed by atoms with Crippen molar-refractivity contribution in [1.29, 1.82) is 0 Å². The highest BCUT2D eigenvalue weighted by molar-refractivity contribution is 7.85. The van der Waals surface area contributed by atoms with Gasteiger partial charge in [0.1, 0.15) is 19.0 Å². The fourth-order valence-corrected chi connectivity index (χ4v) is 5.26. The Labute approximate surface area is 214 Å². The van der Waals surface area contributed by atoms with Crippen LogP contribution in [-0.2, 0) is 42.2 Å². The summed E-state index contributed by atoms with van der Waals surface area (Å²) in [4.78, 5) is 48.5. The van der Waals surface area contributed by atoms with E-state index in [0.29, 0.717) is 30.4 Å². The second-order valence-electron chi connectivity index (χ2n) is 8.40. The van der Waals surface area contributed by atoms with Crippen molar-refractivity contribution in [2.45, 2.75) is 71.0 Å². The zero-order valence-electron chi connectivity index (χ0n) is 20.7.